The molecule has 4 rings (SSSR count). The highest BCUT2D eigenvalue weighted by Crippen LogP contribution is 2.36. The second-order valence-corrected chi connectivity index (χ2v) is 9.13. The number of alkyl halides is 3. The molecule has 12 heteroatoms. The first-order chi connectivity index (χ1) is 17.7. The lowest BCUT2D eigenvalue weighted by atomic mass is 10.0. The average molecular weight is 533 g/mol. The van der Waals surface area contributed by atoms with Gasteiger partial charge >= 0.3 is 11.6 Å². The summed E-state index contributed by atoms with van der Waals surface area (Å²) in [7, 11) is 1.25. The minimum atomic E-state index is -4.89. The molecule has 2 N–H and O–H groups in total. The Labute approximate surface area is 214 Å². The van der Waals surface area contributed by atoms with E-state index in [2.05, 4.69) is 20.1 Å². The van der Waals surface area contributed by atoms with Crippen molar-refractivity contribution < 1.29 is 32.2 Å². The van der Waals surface area contributed by atoms with E-state index in [1.807, 2.05) is 6.92 Å². The number of halogens is 3. The maximum atomic E-state index is 12.9. The van der Waals surface area contributed by atoms with Crippen molar-refractivity contribution in [2.45, 2.75) is 31.5 Å². The minimum absolute atomic E-state index is 0.0745. The number of amides is 2. The van der Waals surface area contributed by atoms with Crippen LogP contribution < -0.4 is 14.8 Å². The van der Waals surface area contributed by atoms with Crippen molar-refractivity contribution in [3.8, 4) is 11.5 Å². The van der Waals surface area contributed by atoms with Crippen LogP contribution in [0.4, 0.5) is 23.7 Å². The van der Waals surface area contributed by atoms with Gasteiger partial charge in [-0.05, 0) is 54.4 Å². The van der Waals surface area contributed by atoms with Crippen LogP contribution in [0.1, 0.15) is 35.0 Å². The second-order valence-electron chi connectivity index (χ2n) is 7.97. The topological polar surface area (TPSA) is 96.0 Å². The number of carbonyl (C=O) groups excluding carboxylic acids is 2. The van der Waals surface area contributed by atoms with Crippen LogP contribution in [-0.4, -0.2) is 45.6 Å². The normalized spacial score (nSPS) is 15.8. The van der Waals surface area contributed by atoms with Crippen molar-refractivity contribution in [2.75, 3.05) is 12.4 Å². The van der Waals surface area contributed by atoms with Crippen LogP contribution in [0, 0.1) is 0 Å². The average Bonchev–Trinajstić information content (AvgIpc) is 3.40. The number of nitrogens with one attached hydrogen (secondary N) is 2. The van der Waals surface area contributed by atoms with Crippen LogP contribution in [-0.2, 0) is 6.54 Å². The van der Waals surface area contributed by atoms with Crippen molar-refractivity contribution in [1.29, 1.82) is 0 Å². The van der Waals surface area contributed by atoms with Crippen LogP contribution in [0.3, 0.4) is 0 Å². The molecule has 1 atom stereocenters. The van der Waals surface area contributed by atoms with Gasteiger partial charge in [-0.2, -0.15) is 5.10 Å². The quantitative estimate of drug-likeness (QED) is 0.370. The van der Waals surface area contributed by atoms with E-state index in [1.54, 1.807) is 48.7 Å². The number of rotatable bonds is 8. The molecule has 2 heterocycles. The number of ether oxygens (including phenoxy) is 2. The summed E-state index contributed by atoms with van der Waals surface area (Å²) >= 11 is 1.06. The third kappa shape index (κ3) is 6.45. The van der Waals surface area contributed by atoms with Crippen molar-refractivity contribution >= 4 is 34.3 Å². The van der Waals surface area contributed by atoms with E-state index in [0.29, 0.717) is 29.1 Å². The lowest BCUT2D eigenvalue weighted by Crippen LogP contribution is -2.34. The Morgan fingerprint density at radius 3 is 2.54 bits per heavy atom. The number of carbonyl (C=O) groups is 2. The van der Waals surface area contributed by atoms with E-state index in [1.165, 1.54) is 24.3 Å². The molecule has 8 nitrogen and oxygen atoms in total. The smallest absolute Gasteiger partial charge is 0.493 e. The Hall–Kier alpha value is -3.93. The molecule has 0 radical (unpaired) electrons. The molecule has 0 spiro atoms. The number of thioether (sulfide) groups is 1. The van der Waals surface area contributed by atoms with E-state index in [9.17, 15) is 22.8 Å². The SMILES string of the molecule is CCC1SC(=O)N(Cc2ccc(NC(=O)c3ccc[nH]3)cc2)N=C1c1ccc(OC)c(OC(F)(F)F)c1. The van der Waals surface area contributed by atoms with Gasteiger partial charge in [0.2, 0.25) is 0 Å². The molecule has 194 valence electrons. The molecular weight excluding hydrogens is 509 g/mol. The summed E-state index contributed by atoms with van der Waals surface area (Å²) in [6, 6.07) is 14.5. The standard InChI is InChI=1S/C25H23F3N4O4S/c1-3-21-22(16-8-11-19(35-2)20(13-16)36-25(26,27)28)31-32(24(34)37-21)14-15-6-9-17(10-7-15)30-23(33)18-5-4-12-29-18/h4-13,21,29H,3,14H2,1-2H3,(H,30,33). The largest absolute Gasteiger partial charge is 0.573 e. The van der Waals surface area contributed by atoms with Crippen molar-refractivity contribution in [3.05, 3.63) is 77.6 Å². The summed E-state index contributed by atoms with van der Waals surface area (Å²) < 4.78 is 47.9. The number of H-pyrrole nitrogens is 1. The number of hydrazone groups is 1. The summed E-state index contributed by atoms with van der Waals surface area (Å²) in [6.45, 7) is 2.01. The molecule has 0 aliphatic carbocycles. The molecule has 2 aromatic carbocycles. The van der Waals surface area contributed by atoms with Crippen LogP contribution in [0.2, 0.25) is 0 Å². The highest BCUT2D eigenvalue weighted by Gasteiger charge is 2.34. The van der Waals surface area contributed by atoms with E-state index in [-0.39, 0.29) is 28.7 Å². The van der Waals surface area contributed by atoms with E-state index in [0.717, 1.165) is 17.3 Å². The lowest BCUT2D eigenvalue weighted by Gasteiger charge is -2.28. The number of nitrogens with zero attached hydrogens (tertiary/aromatic N) is 2. The van der Waals surface area contributed by atoms with Gasteiger partial charge in [-0.15, -0.1) is 13.2 Å². The number of benzene rings is 2. The monoisotopic (exact) mass is 532 g/mol. The Morgan fingerprint density at radius 2 is 1.92 bits per heavy atom. The molecule has 3 aromatic rings. The van der Waals surface area contributed by atoms with Gasteiger partial charge in [-0.1, -0.05) is 30.8 Å². The maximum absolute atomic E-state index is 12.9. The van der Waals surface area contributed by atoms with Gasteiger partial charge in [-0.3, -0.25) is 9.59 Å². The Balaban J connectivity index is 1.55. The fourth-order valence-electron chi connectivity index (χ4n) is 3.67. The van der Waals surface area contributed by atoms with Crippen LogP contribution >= 0.6 is 11.8 Å². The van der Waals surface area contributed by atoms with Crippen LogP contribution in [0.5, 0.6) is 11.5 Å². The first-order valence-electron chi connectivity index (χ1n) is 11.2. The Morgan fingerprint density at radius 1 is 1.16 bits per heavy atom. The zero-order valence-corrected chi connectivity index (χ0v) is 20.7. The van der Waals surface area contributed by atoms with E-state index < -0.39 is 12.1 Å². The lowest BCUT2D eigenvalue weighted by molar-refractivity contribution is -0.275. The Kier molecular flexibility index (Phi) is 7.77. The molecule has 0 saturated heterocycles. The zero-order valence-electron chi connectivity index (χ0n) is 19.8. The molecule has 0 fully saturated rings. The number of hydrogen-bond acceptors (Lipinski definition) is 6. The van der Waals surface area contributed by atoms with Gasteiger partial charge in [0.05, 0.1) is 24.6 Å². The summed E-state index contributed by atoms with van der Waals surface area (Å²) in [6.07, 6.45) is -2.70. The first-order valence-corrected chi connectivity index (χ1v) is 12.1. The van der Waals surface area contributed by atoms with Crippen molar-refractivity contribution in [3.63, 3.8) is 0 Å². The predicted octanol–water partition coefficient (Wildman–Crippen LogP) is 6.03. The first kappa shape index (κ1) is 26.1. The van der Waals surface area contributed by atoms with Gasteiger partial charge < -0.3 is 19.8 Å². The fraction of sp³-hybridized carbons (Fsp3) is 0.240. The molecule has 1 aromatic heterocycles. The van der Waals surface area contributed by atoms with Gasteiger partial charge in [-0.25, -0.2) is 5.01 Å². The minimum Gasteiger partial charge on any atom is -0.493 e. The van der Waals surface area contributed by atoms with Gasteiger partial charge in [0, 0.05) is 17.4 Å². The van der Waals surface area contributed by atoms with Crippen LogP contribution in [0.15, 0.2) is 65.9 Å². The second kappa shape index (κ2) is 11.0. The van der Waals surface area contributed by atoms with Crippen LogP contribution in [0.25, 0.3) is 0 Å². The maximum Gasteiger partial charge on any atom is 0.573 e. The van der Waals surface area contributed by atoms with Crippen molar-refractivity contribution in [1.82, 2.24) is 9.99 Å². The molecule has 37 heavy (non-hydrogen) atoms. The van der Waals surface area contributed by atoms with Gasteiger partial charge in [0.15, 0.2) is 11.5 Å². The predicted molar refractivity (Wildman–Crippen MR) is 134 cm³/mol. The number of hydrogen-bond donors (Lipinski definition) is 2. The third-order valence-corrected chi connectivity index (χ3v) is 6.68. The number of aromatic nitrogens is 1. The third-order valence-electron chi connectivity index (χ3n) is 5.43. The molecule has 0 saturated carbocycles. The summed E-state index contributed by atoms with van der Waals surface area (Å²) in [5.41, 5.74) is 2.60. The van der Waals surface area contributed by atoms with Gasteiger partial charge in [0.1, 0.15) is 5.69 Å². The van der Waals surface area contributed by atoms with Gasteiger partial charge in [0.25, 0.3) is 5.91 Å². The van der Waals surface area contributed by atoms with E-state index >= 15 is 0 Å². The molecular formula is C25H23F3N4O4S. The highest BCUT2D eigenvalue weighted by atomic mass is 32.2. The molecule has 1 aliphatic heterocycles. The molecule has 0 bridgehead atoms. The number of aromatic amines is 1. The number of methoxy groups -OCH3 is 1. The highest BCUT2D eigenvalue weighted by molar-refractivity contribution is 8.14. The van der Waals surface area contributed by atoms with Crippen molar-refractivity contribution in [2.24, 2.45) is 5.10 Å². The summed E-state index contributed by atoms with van der Waals surface area (Å²) in [5, 5.41) is 7.93. The molecule has 2 amide bonds. The summed E-state index contributed by atoms with van der Waals surface area (Å²) in [4.78, 5) is 27.8. The fourth-order valence-corrected chi connectivity index (χ4v) is 4.60. The van der Waals surface area contributed by atoms with E-state index in [4.69, 9.17) is 4.74 Å². The molecule has 1 aliphatic rings. The molecule has 1 unspecified atom stereocenters. The Bertz CT molecular complexity index is 1290. The summed E-state index contributed by atoms with van der Waals surface area (Å²) in [5.74, 6) is -0.848. The zero-order chi connectivity index (χ0) is 26.6. The number of anilines is 1.